The van der Waals surface area contributed by atoms with Crippen molar-refractivity contribution >= 4 is 28.3 Å². The fourth-order valence-electron chi connectivity index (χ4n) is 1.96. The Hall–Kier alpha value is -1.89. The minimum atomic E-state index is 0.536. The van der Waals surface area contributed by atoms with Gasteiger partial charge in [0.15, 0.2) is 0 Å². The second-order valence-electron chi connectivity index (χ2n) is 4.87. The quantitative estimate of drug-likeness (QED) is 0.634. The number of nitrogens with zero attached hydrogens (tertiary/aromatic N) is 3. The molecule has 0 aliphatic carbocycles. The van der Waals surface area contributed by atoms with E-state index in [1.807, 2.05) is 62.6 Å². The smallest absolute Gasteiger partial charge is 0.258 e. The van der Waals surface area contributed by atoms with Gasteiger partial charge in [0.25, 0.3) is 5.89 Å². The summed E-state index contributed by atoms with van der Waals surface area (Å²) in [6.07, 6.45) is 0. The predicted octanol–water partition coefficient (Wildman–Crippen LogP) is 4.07. The van der Waals surface area contributed by atoms with Gasteiger partial charge in [0.2, 0.25) is 5.82 Å². The van der Waals surface area contributed by atoms with Gasteiger partial charge in [-0.2, -0.15) is 4.98 Å². The van der Waals surface area contributed by atoms with Crippen molar-refractivity contribution in [2.45, 2.75) is 0 Å². The van der Waals surface area contributed by atoms with E-state index in [4.69, 9.17) is 4.52 Å². The van der Waals surface area contributed by atoms with Gasteiger partial charge in [-0.3, -0.25) is 0 Å². The van der Waals surface area contributed by atoms with Crippen LogP contribution in [0.15, 0.2) is 53.1 Å². The molecule has 0 bridgehead atoms. The van der Waals surface area contributed by atoms with Gasteiger partial charge in [0, 0.05) is 34.5 Å². The molecule has 0 N–H and O–H groups in total. The number of aromatic nitrogens is 2. The first-order valence-electron chi connectivity index (χ1n) is 6.51. The van der Waals surface area contributed by atoms with Gasteiger partial charge in [0.05, 0.1) is 0 Å². The molecule has 0 aliphatic rings. The third-order valence-electron chi connectivity index (χ3n) is 3.16. The highest BCUT2D eigenvalue weighted by molar-refractivity contribution is 14.1. The van der Waals surface area contributed by atoms with Gasteiger partial charge in [-0.15, -0.1) is 0 Å². The molecular formula is C16H14IN3O. The SMILES string of the molecule is CN(C)c1ccc(-c2nc(-c3ccc([125I])cc3)no2)cc1. The van der Waals surface area contributed by atoms with Crippen molar-refractivity contribution in [2.24, 2.45) is 0 Å². The lowest BCUT2D eigenvalue weighted by Gasteiger charge is -2.11. The van der Waals surface area contributed by atoms with E-state index in [2.05, 4.69) is 37.6 Å². The summed E-state index contributed by atoms with van der Waals surface area (Å²) >= 11 is 2.27. The van der Waals surface area contributed by atoms with Gasteiger partial charge in [0.1, 0.15) is 0 Å². The number of hydrogen-bond donors (Lipinski definition) is 0. The number of hydrogen-bond acceptors (Lipinski definition) is 4. The maximum Gasteiger partial charge on any atom is 0.258 e. The van der Waals surface area contributed by atoms with Crippen molar-refractivity contribution in [2.75, 3.05) is 19.0 Å². The zero-order valence-corrected chi connectivity index (χ0v) is 13.9. The molecule has 0 amide bonds. The molecule has 0 unspecified atom stereocenters. The zero-order chi connectivity index (χ0) is 14.8. The lowest BCUT2D eigenvalue weighted by Crippen LogP contribution is -2.07. The molecule has 0 aliphatic heterocycles. The molecule has 1 aromatic heterocycles. The molecule has 0 atom stereocenters. The molecule has 0 saturated heterocycles. The van der Waals surface area contributed by atoms with Crippen LogP contribution < -0.4 is 4.90 Å². The fraction of sp³-hybridized carbons (Fsp3) is 0.125. The Morgan fingerprint density at radius 2 is 1.52 bits per heavy atom. The van der Waals surface area contributed by atoms with Crippen LogP contribution in [0.4, 0.5) is 5.69 Å². The van der Waals surface area contributed by atoms with E-state index < -0.39 is 0 Å². The average molecular weight is 389 g/mol. The maximum atomic E-state index is 5.36. The van der Waals surface area contributed by atoms with E-state index in [0.717, 1.165) is 16.8 Å². The second kappa shape index (κ2) is 5.85. The lowest BCUT2D eigenvalue weighted by atomic mass is 10.2. The minimum Gasteiger partial charge on any atom is -0.378 e. The highest BCUT2D eigenvalue weighted by Crippen LogP contribution is 2.24. The summed E-state index contributed by atoms with van der Waals surface area (Å²) in [5, 5.41) is 4.05. The monoisotopic (exact) mass is 389 g/mol. The number of halogens is 1. The van der Waals surface area contributed by atoms with Crippen molar-refractivity contribution in [1.82, 2.24) is 10.1 Å². The van der Waals surface area contributed by atoms with Crippen LogP contribution in [0.1, 0.15) is 0 Å². The van der Waals surface area contributed by atoms with Gasteiger partial charge in [-0.05, 0) is 59.0 Å². The maximum absolute atomic E-state index is 5.36. The molecule has 3 aromatic rings. The van der Waals surface area contributed by atoms with Crippen LogP contribution in [0.5, 0.6) is 0 Å². The predicted molar refractivity (Wildman–Crippen MR) is 92.2 cm³/mol. The van der Waals surface area contributed by atoms with Crippen LogP contribution in [-0.4, -0.2) is 24.2 Å². The van der Waals surface area contributed by atoms with E-state index in [9.17, 15) is 0 Å². The molecule has 2 aromatic carbocycles. The Morgan fingerprint density at radius 3 is 2.14 bits per heavy atom. The first-order chi connectivity index (χ1) is 10.1. The fourth-order valence-corrected chi connectivity index (χ4v) is 2.32. The topological polar surface area (TPSA) is 42.2 Å². The Bertz CT molecular complexity index is 733. The largest absolute Gasteiger partial charge is 0.378 e. The third-order valence-corrected chi connectivity index (χ3v) is 3.88. The van der Waals surface area contributed by atoms with Gasteiger partial charge in [-0.25, -0.2) is 0 Å². The molecule has 0 radical (unpaired) electrons. The Labute approximate surface area is 136 Å². The van der Waals surface area contributed by atoms with Crippen LogP contribution >= 0.6 is 22.6 Å². The summed E-state index contributed by atoms with van der Waals surface area (Å²) in [6.45, 7) is 0. The minimum absolute atomic E-state index is 0.536. The molecule has 0 fully saturated rings. The highest BCUT2D eigenvalue weighted by Gasteiger charge is 2.10. The second-order valence-corrected chi connectivity index (χ2v) is 6.12. The molecular weight excluding hydrogens is 375 g/mol. The number of benzene rings is 2. The van der Waals surface area contributed by atoms with Crippen LogP contribution in [-0.2, 0) is 0 Å². The Morgan fingerprint density at radius 1 is 0.905 bits per heavy atom. The van der Waals surface area contributed by atoms with E-state index in [0.29, 0.717) is 11.7 Å². The first-order valence-corrected chi connectivity index (χ1v) is 7.59. The van der Waals surface area contributed by atoms with Crippen molar-refractivity contribution in [3.8, 4) is 22.8 Å². The van der Waals surface area contributed by atoms with Crippen LogP contribution in [0.3, 0.4) is 0 Å². The summed E-state index contributed by atoms with van der Waals surface area (Å²) in [4.78, 5) is 6.51. The average Bonchev–Trinajstić information content (AvgIpc) is 2.98. The van der Waals surface area contributed by atoms with E-state index in [1.54, 1.807) is 0 Å². The molecule has 0 spiro atoms. The standard InChI is InChI=1S/C16H14IN3O/c1-20(2)14-9-5-12(6-10-14)16-18-15(19-21-16)11-3-7-13(17)8-4-11/h3-10H,1-2H3/i17-2. The highest BCUT2D eigenvalue weighted by atomic mass is 125. The summed E-state index contributed by atoms with van der Waals surface area (Å²) in [5.74, 6) is 1.15. The normalized spacial score (nSPS) is 10.6. The first kappa shape index (κ1) is 14.1. The number of anilines is 1. The van der Waals surface area contributed by atoms with Gasteiger partial charge >= 0.3 is 0 Å². The van der Waals surface area contributed by atoms with Crippen LogP contribution in [0, 0.1) is 3.57 Å². The van der Waals surface area contributed by atoms with Crippen LogP contribution in [0.25, 0.3) is 22.8 Å². The summed E-state index contributed by atoms with van der Waals surface area (Å²) < 4.78 is 6.54. The molecule has 106 valence electrons. The summed E-state index contributed by atoms with van der Waals surface area (Å²) in [6, 6.07) is 16.1. The zero-order valence-electron chi connectivity index (χ0n) is 11.7. The number of rotatable bonds is 3. The third kappa shape index (κ3) is 3.07. The van der Waals surface area contributed by atoms with E-state index in [-0.39, 0.29) is 0 Å². The van der Waals surface area contributed by atoms with Crippen molar-refractivity contribution in [3.63, 3.8) is 0 Å². The van der Waals surface area contributed by atoms with E-state index >= 15 is 0 Å². The lowest BCUT2D eigenvalue weighted by molar-refractivity contribution is 0.432. The molecule has 5 heteroatoms. The van der Waals surface area contributed by atoms with E-state index in [1.165, 1.54) is 3.57 Å². The molecule has 3 rings (SSSR count). The Balaban J connectivity index is 1.89. The summed E-state index contributed by atoms with van der Waals surface area (Å²) in [5.41, 5.74) is 3.01. The van der Waals surface area contributed by atoms with Gasteiger partial charge in [-0.1, -0.05) is 17.3 Å². The van der Waals surface area contributed by atoms with Crippen LogP contribution in [0.2, 0.25) is 0 Å². The molecule has 4 nitrogen and oxygen atoms in total. The molecule has 1 heterocycles. The van der Waals surface area contributed by atoms with Crippen molar-refractivity contribution in [1.29, 1.82) is 0 Å². The van der Waals surface area contributed by atoms with Crippen molar-refractivity contribution < 1.29 is 4.52 Å². The summed E-state index contributed by atoms with van der Waals surface area (Å²) in [7, 11) is 4.02. The van der Waals surface area contributed by atoms with Crippen molar-refractivity contribution in [3.05, 3.63) is 52.1 Å². The molecule has 21 heavy (non-hydrogen) atoms. The molecule has 0 saturated carbocycles. The van der Waals surface area contributed by atoms with Gasteiger partial charge < -0.3 is 9.42 Å². The Kier molecular flexibility index (Phi) is 3.92.